The molecule has 0 radical (unpaired) electrons. The molecule has 154 valence electrons. The van der Waals surface area contributed by atoms with Crippen molar-refractivity contribution in [1.82, 2.24) is 15.1 Å². The normalized spacial score (nSPS) is 19.4. The number of para-hydroxylation sites is 2. The Kier molecular flexibility index (Phi) is 7.12. The van der Waals surface area contributed by atoms with Gasteiger partial charge < -0.3 is 20.4 Å². The summed E-state index contributed by atoms with van der Waals surface area (Å²) < 4.78 is 0. The van der Waals surface area contributed by atoms with E-state index in [2.05, 4.69) is 10.6 Å². The topological polar surface area (TPSA) is 64.7 Å². The third kappa shape index (κ3) is 4.89. The molecule has 0 aromatic heterocycles. The monoisotopic (exact) mass is 414 g/mol. The van der Waals surface area contributed by atoms with Crippen molar-refractivity contribution in [2.75, 3.05) is 38.0 Å². The highest BCUT2D eigenvalue weighted by atomic mass is 35.5. The van der Waals surface area contributed by atoms with E-state index in [1.165, 1.54) is 0 Å². The van der Waals surface area contributed by atoms with Crippen LogP contribution < -0.4 is 10.6 Å². The molecule has 2 aromatic carbocycles. The van der Waals surface area contributed by atoms with Crippen LogP contribution in [0.1, 0.15) is 23.2 Å². The predicted molar refractivity (Wildman–Crippen MR) is 117 cm³/mol. The van der Waals surface area contributed by atoms with E-state index in [4.69, 9.17) is 0 Å². The zero-order valence-electron chi connectivity index (χ0n) is 16.3. The van der Waals surface area contributed by atoms with E-state index in [1.54, 1.807) is 0 Å². The Labute approximate surface area is 177 Å². The molecule has 1 unspecified atom stereocenters. The van der Waals surface area contributed by atoms with Gasteiger partial charge in [-0.15, -0.1) is 12.4 Å². The van der Waals surface area contributed by atoms with Gasteiger partial charge in [-0.25, -0.2) is 0 Å². The molecule has 0 aliphatic carbocycles. The van der Waals surface area contributed by atoms with E-state index in [0.717, 1.165) is 43.9 Å². The second-order valence-corrected chi connectivity index (χ2v) is 7.35. The van der Waals surface area contributed by atoms with E-state index in [-0.39, 0.29) is 30.3 Å². The summed E-state index contributed by atoms with van der Waals surface area (Å²) in [5.41, 5.74) is 2.42. The van der Waals surface area contributed by atoms with Gasteiger partial charge in [0.05, 0.1) is 17.8 Å². The van der Waals surface area contributed by atoms with Crippen LogP contribution in [0, 0.1) is 0 Å². The summed E-state index contributed by atoms with van der Waals surface area (Å²) >= 11 is 0. The molecule has 0 spiro atoms. The van der Waals surface area contributed by atoms with Crippen molar-refractivity contribution in [2.45, 2.75) is 18.9 Å². The van der Waals surface area contributed by atoms with Gasteiger partial charge in [-0.2, -0.15) is 0 Å². The third-order valence-corrected chi connectivity index (χ3v) is 5.46. The van der Waals surface area contributed by atoms with Crippen molar-refractivity contribution in [1.29, 1.82) is 0 Å². The number of rotatable bonds is 4. The number of piperidine rings is 1. The Balaban J connectivity index is 0.00000240. The Morgan fingerprint density at radius 1 is 1.03 bits per heavy atom. The smallest absolute Gasteiger partial charge is 0.256 e. The number of piperazine rings is 1. The molecule has 0 bridgehead atoms. The van der Waals surface area contributed by atoms with Gasteiger partial charge >= 0.3 is 0 Å². The van der Waals surface area contributed by atoms with Gasteiger partial charge in [0.25, 0.3) is 5.91 Å². The molecule has 4 rings (SSSR count). The fourth-order valence-corrected chi connectivity index (χ4v) is 4.03. The Morgan fingerprint density at radius 2 is 1.79 bits per heavy atom. The van der Waals surface area contributed by atoms with Crippen LogP contribution in [-0.4, -0.2) is 60.4 Å². The largest absolute Gasteiger partial charge is 0.355 e. The number of halogens is 1. The number of likely N-dealkylation sites (tertiary alicyclic amines) is 1. The molecule has 1 atom stereocenters. The van der Waals surface area contributed by atoms with Crippen LogP contribution in [0.15, 0.2) is 54.6 Å². The number of nitrogens with zero attached hydrogens (tertiary/aromatic N) is 2. The Morgan fingerprint density at radius 3 is 2.59 bits per heavy atom. The van der Waals surface area contributed by atoms with Crippen LogP contribution in [0.3, 0.4) is 0 Å². The summed E-state index contributed by atoms with van der Waals surface area (Å²) in [6, 6.07) is 17.6. The highest BCUT2D eigenvalue weighted by Crippen LogP contribution is 2.25. The third-order valence-electron chi connectivity index (χ3n) is 5.46. The highest BCUT2D eigenvalue weighted by Gasteiger charge is 2.32. The van der Waals surface area contributed by atoms with Crippen LogP contribution in [0.5, 0.6) is 0 Å². The minimum atomic E-state index is 0. The van der Waals surface area contributed by atoms with Gasteiger partial charge in [-0.1, -0.05) is 30.3 Å². The van der Waals surface area contributed by atoms with Crippen molar-refractivity contribution in [3.8, 4) is 0 Å². The molecule has 7 heteroatoms. The van der Waals surface area contributed by atoms with Gasteiger partial charge in [-0.3, -0.25) is 9.59 Å². The maximum Gasteiger partial charge on any atom is 0.256 e. The van der Waals surface area contributed by atoms with Crippen molar-refractivity contribution < 1.29 is 9.59 Å². The lowest BCUT2D eigenvalue weighted by atomic mass is 10.0. The summed E-state index contributed by atoms with van der Waals surface area (Å²) in [6.45, 7) is 3.27. The summed E-state index contributed by atoms with van der Waals surface area (Å²) in [5, 5.41) is 6.47. The van der Waals surface area contributed by atoms with E-state index in [1.807, 2.05) is 64.4 Å². The SMILES string of the molecule is Cl.O=C(c1ccccc1Nc1ccccc1)N1CCCC(N2CCNCC2=O)C1. The zero-order chi connectivity index (χ0) is 19.3. The fraction of sp³-hybridized carbons (Fsp3) is 0.364. The van der Waals surface area contributed by atoms with Crippen LogP contribution in [0.25, 0.3) is 0 Å². The minimum Gasteiger partial charge on any atom is -0.355 e. The van der Waals surface area contributed by atoms with E-state index >= 15 is 0 Å². The number of carbonyl (C=O) groups excluding carboxylic acids is 2. The minimum absolute atomic E-state index is 0. The van der Waals surface area contributed by atoms with Gasteiger partial charge in [0.15, 0.2) is 0 Å². The molecule has 6 nitrogen and oxygen atoms in total. The van der Waals surface area contributed by atoms with Crippen LogP contribution in [-0.2, 0) is 4.79 Å². The number of amides is 2. The number of hydrogen-bond acceptors (Lipinski definition) is 4. The highest BCUT2D eigenvalue weighted by molar-refractivity contribution is 6.00. The molecule has 2 aliphatic heterocycles. The lowest BCUT2D eigenvalue weighted by molar-refractivity contribution is -0.135. The van der Waals surface area contributed by atoms with Crippen molar-refractivity contribution in [3.05, 3.63) is 60.2 Å². The number of anilines is 2. The maximum atomic E-state index is 13.3. The summed E-state index contributed by atoms with van der Waals surface area (Å²) in [6.07, 6.45) is 1.88. The fourth-order valence-electron chi connectivity index (χ4n) is 4.03. The Hall–Kier alpha value is -2.57. The first-order valence-corrected chi connectivity index (χ1v) is 9.93. The molecular formula is C22H27ClN4O2. The number of benzene rings is 2. The molecule has 29 heavy (non-hydrogen) atoms. The summed E-state index contributed by atoms with van der Waals surface area (Å²) in [5.74, 6) is 0.156. The zero-order valence-corrected chi connectivity index (χ0v) is 17.2. The standard InChI is InChI=1S/C22H26N4O2.ClH/c27-21-15-23-12-14-26(21)18-9-6-13-25(16-18)22(28)19-10-4-5-11-20(19)24-17-7-2-1-3-8-17;/h1-5,7-8,10-11,18,23-24H,6,9,12-16H2;1H. The molecule has 2 aromatic rings. The molecule has 2 saturated heterocycles. The van der Waals surface area contributed by atoms with E-state index in [0.29, 0.717) is 18.7 Å². The number of nitrogens with one attached hydrogen (secondary N) is 2. The van der Waals surface area contributed by atoms with Crippen LogP contribution >= 0.6 is 12.4 Å². The van der Waals surface area contributed by atoms with Crippen LogP contribution in [0.4, 0.5) is 11.4 Å². The molecule has 2 aliphatic rings. The number of carbonyl (C=O) groups is 2. The van der Waals surface area contributed by atoms with Crippen LogP contribution in [0.2, 0.25) is 0 Å². The average molecular weight is 415 g/mol. The summed E-state index contributed by atoms with van der Waals surface area (Å²) in [7, 11) is 0. The lowest BCUT2D eigenvalue weighted by Crippen LogP contribution is -2.57. The molecular weight excluding hydrogens is 388 g/mol. The van der Waals surface area contributed by atoms with Gasteiger partial charge in [-0.05, 0) is 37.1 Å². The second-order valence-electron chi connectivity index (χ2n) is 7.35. The average Bonchev–Trinajstić information content (AvgIpc) is 2.75. The Bertz CT molecular complexity index is 846. The molecule has 2 heterocycles. The maximum absolute atomic E-state index is 13.3. The molecule has 2 amide bonds. The van der Waals surface area contributed by atoms with Crippen molar-refractivity contribution in [2.24, 2.45) is 0 Å². The molecule has 2 N–H and O–H groups in total. The van der Waals surface area contributed by atoms with E-state index < -0.39 is 0 Å². The van der Waals surface area contributed by atoms with Gasteiger partial charge in [0.1, 0.15) is 0 Å². The van der Waals surface area contributed by atoms with Crippen molar-refractivity contribution >= 4 is 35.6 Å². The van der Waals surface area contributed by atoms with E-state index in [9.17, 15) is 9.59 Å². The predicted octanol–water partition coefficient (Wildman–Crippen LogP) is 2.89. The molecule has 2 fully saturated rings. The number of hydrogen-bond donors (Lipinski definition) is 2. The quantitative estimate of drug-likeness (QED) is 0.807. The second kappa shape index (κ2) is 9.76. The summed E-state index contributed by atoms with van der Waals surface area (Å²) in [4.78, 5) is 29.4. The van der Waals surface area contributed by atoms with Gasteiger partial charge in [0, 0.05) is 37.9 Å². The first-order chi connectivity index (χ1) is 13.7. The first kappa shape index (κ1) is 21.1. The molecule has 0 saturated carbocycles. The van der Waals surface area contributed by atoms with Crippen molar-refractivity contribution in [3.63, 3.8) is 0 Å². The van der Waals surface area contributed by atoms with Gasteiger partial charge in [0.2, 0.25) is 5.91 Å². The lowest BCUT2D eigenvalue weighted by Gasteiger charge is -2.41. The first-order valence-electron chi connectivity index (χ1n) is 9.93.